The molecule has 0 spiro atoms. The van der Waals surface area contributed by atoms with Gasteiger partial charge in [0.2, 0.25) is 0 Å². The van der Waals surface area contributed by atoms with Crippen LogP contribution in [-0.4, -0.2) is 49.4 Å². The normalized spacial score (nSPS) is 16.4. The number of imidazole rings is 1. The van der Waals surface area contributed by atoms with E-state index in [9.17, 15) is 5.26 Å². The van der Waals surface area contributed by atoms with Gasteiger partial charge in [-0.2, -0.15) is 10.4 Å². The number of nitriles is 1. The standard InChI is InChI=1S/C27H25N7/c1-32-10-9-19(15-32)16-34-17-30-27-24(34)14-29-26(25(27)20-5-3-18(12-28)4-6-20)21-7-8-23-22(11-21)13-31-33(23)2/h3-8,11,13-14,17,19H,9-10,15-16H2,1-2H3. The molecule has 0 amide bonds. The summed E-state index contributed by atoms with van der Waals surface area (Å²) in [5.74, 6) is 0.619. The monoisotopic (exact) mass is 447 g/mol. The number of aryl methyl sites for hydroxylation is 1. The first-order valence-electron chi connectivity index (χ1n) is 11.6. The average Bonchev–Trinajstić information content (AvgIpc) is 3.57. The average molecular weight is 448 g/mol. The van der Waals surface area contributed by atoms with Crippen molar-refractivity contribution in [3.8, 4) is 28.5 Å². The fraction of sp³-hybridized carbons (Fsp3) is 0.259. The van der Waals surface area contributed by atoms with E-state index < -0.39 is 0 Å². The molecule has 2 aromatic carbocycles. The first-order valence-corrected chi connectivity index (χ1v) is 11.6. The summed E-state index contributed by atoms with van der Waals surface area (Å²) in [6.45, 7) is 3.20. The smallest absolute Gasteiger partial charge is 0.100 e. The van der Waals surface area contributed by atoms with Gasteiger partial charge in [-0.1, -0.05) is 18.2 Å². The number of hydrogen-bond acceptors (Lipinski definition) is 5. The molecule has 0 saturated carbocycles. The Labute approximate surface area is 197 Å². The Balaban J connectivity index is 1.52. The molecule has 1 aliphatic heterocycles. The van der Waals surface area contributed by atoms with Crippen molar-refractivity contribution in [2.45, 2.75) is 13.0 Å². The van der Waals surface area contributed by atoms with Gasteiger partial charge in [0.15, 0.2) is 0 Å². The lowest BCUT2D eigenvalue weighted by Crippen LogP contribution is -2.16. The molecule has 1 saturated heterocycles. The van der Waals surface area contributed by atoms with Crippen molar-refractivity contribution >= 4 is 21.9 Å². The molecule has 5 aromatic rings. The molecule has 0 bridgehead atoms. The quantitative estimate of drug-likeness (QED) is 0.406. The van der Waals surface area contributed by atoms with Gasteiger partial charge in [-0.05, 0) is 55.8 Å². The second-order valence-corrected chi connectivity index (χ2v) is 9.26. The van der Waals surface area contributed by atoms with Gasteiger partial charge in [0.1, 0.15) is 5.52 Å². The second-order valence-electron chi connectivity index (χ2n) is 9.26. The van der Waals surface area contributed by atoms with Gasteiger partial charge in [0.25, 0.3) is 0 Å². The Morgan fingerprint density at radius 3 is 2.59 bits per heavy atom. The Kier molecular flexibility index (Phi) is 4.89. The molecular formula is C27H25N7. The van der Waals surface area contributed by atoms with E-state index in [4.69, 9.17) is 9.97 Å². The van der Waals surface area contributed by atoms with Crippen LogP contribution in [0.25, 0.3) is 44.3 Å². The number of likely N-dealkylation sites (tertiary alicyclic amines) is 1. The predicted octanol–water partition coefficient (Wildman–Crippen LogP) is 4.48. The van der Waals surface area contributed by atoms with Crippen LogP contribution in [0.15, 0.2) is 61.2 Å². The maximum atomic E-state index is 9.27. The largest absolute Gasteiger partial charge is 0.329 e. The van der Waals surface area contributed by atoms with Gasteiger partial charge in [-0.15, -0.1) is 0 Å². The maximum absolute atomic E-state index is 9.27. The third kappa shape index (κ3) is 3.44. The van der Waals surface area contributed by atoms with Gasteiger partial charge in [-0.25, -0.2) is 4.98 Å². The minimum absolute atomic E-state index is 0.619. The Bertz CT molecular complexity index is 1550. The summed E-state index contributed by atoms with van der Waals surface area (Å²) < 4.78 is 4.12. The Hall–Kier alpha value is -4.02. The number of rotatable bonds is 4. The van der Waals surface area contributed by atoms with Crippen LogP contribution in [0.2, 0.25) is 0 Å². The zero-order valence-corrected chi connectivity index (χ0v) is 19.3. The zero-order chi connectivity index (χ0) is 23.2. The van der Waals surface area contributed by atoms with Crippen LogP contribution in [0.1, 0.15) is 12.0 Å². The van der Waals surface area contributed by atoms with Crippen LogP contribution in [0.5, 0.6) is 0 Å². The minimum atomic E-state index is 0.619. The summed E-state index contributed by atoms with van der Waals surface area (Å²) in [5, 5.41) is 14.7. The molecule has 0 N–H and O–H groups in total. The van der Waals surface area contributed by atoms with Crippen LogP contribution in [0.4, 0.5) is 0 Å². The molecule has 1 unspecified atom stereocenters. The van der Waals surface area contributed by atoms with Crippen LogP contribution in [-0.2, 0) is 13.6 Å². The maximum Gasteiger partial charge on any atom is 0.100 e. The van der Waals surface area contributed by atoms with Gasteiger partial charge in [0.05, 0.1) is 47.1 Å². The highest BCUT2D eigenvalue weighted by atomic mass is 15.2. The van der Waals surface area contributed by atoms with E-state index in [1.165, 1.54) is 6.42 Å². The topological polar surface area (TPSA) is 75.6 Å². The highest BCUT2D eigenvalue weighted by Crippen LogP contribution is 2.37. The molecular weight excluding hydrogens is 422 g/mol. The van der Waals surface area contributed by atoms with E-state index in [0.29, 0.717) is 11.5 Å². The molecule has 1 atom stereocenters. The number of benzene rings is 2. The van der Waals surface area contributed by atoms with Gasteiger partial charge < -0.3 is 9.47 Å². The molecule has 4 heterocycles. The number of fused-ring (bicyclic) bond motifs is 2. The number of aromatic nitrogens is 5. The SMILES string of the molecule is CN1CCC(Cn2cnc3c(-c4ccc(C#N)cc4)c(-c4ccc5c(cnn5C)c4)ncc32)C1. The summed E-state index contributed by atoms with van der Waals surface area (Å²) in [4.78, 5) is 12.2. The van der Waals surface area contributed by atoms with Crippen molar-refractivity contribution in [2.24, 2.45) is 13.0 Å². The Morgan fingerprint density at radius 2 is 1.82 bits per heavy atom. The van der Waals surface area contributed by atoms with Crippen molar-refractivity contribution < 1.29 is 0 Å². The van der Waals surface area contributed by atoms with Crippen molar-refractivity contribution in [3.05, 3.63) is 66.7 Å². The summed E-state index contributed by atoms with van der Waals surface area (Å²) in [5.41, 5.74) is 7.60. The molecule has 168 valence electrons. The molecule has 3 aromatic heterocycles. The van der Waals surface area contributed by atoms with E-state index in [2.05, 4.69) is 45.9 Å². The van der Waals surface area contributed by atoms with Crippen LogP contribution < -0.4 is 0 Å². The van der Waals surface area contributed by atoms with Gasteiger partial charge in [0, 0.05) is 36.7 Å². The van der Waals surface area contributed by atoms with Crippen molar-refractivity contribution in [1.82, 2.24) is 29.2 Å². The van der Waals surface area contributed by atoms with Crippen molar-refractivity contribution in [1.29, 1.82) is 5.26 Å². The van der Waals surface area contributed by atoms with E-state index in [-0.39, 0.29) is 0 Å². The molecule has 1 fully saturated rings. The second kappa shape index (κ2) is 8.08. The lowest BCUT2D eigenvalue weighted by atomic mass is 9.96. The molecule has 7 nitrogen and oxygen atoms in total. The third-order valence-corrected chi connectivity index (χ3v) is 6.93. The first-order chi connectivity index (χ1) is 16.6. The van der Waals surface area contributed by atoms with Crippen molar-refractivity contribution in [2.75, 3.05) is 20.1 Å². The lowest BCUT2D eigenvalue weighted by Gasteiger charge is -2.14. The first kappa shape index (κ1) is 20.6. The number of hydrogen-bond donors (Lipinski definition) is 0. The summed E-state index contributed by atoms with van der Waals surface area (Å²) >= 11 is 0. The Morgan fingerprint density at radius 1 is 1.00 bits per heavy atom. The van der Waals surface area contributed by atoms with Crippen molar-refractivity contribution in [3.63, 3.8) is 0 Å². The molecule has 1 aliphatic rings. The van der Waals surface area contributed by atoms with Crippen LogP contribution in [0, 0.1) is 17.2 Å². The van der Waals surface area contributed by atoms with E-state index in [1.54, 1.807) is 0 Å². The number of nitrogens with zero attached hydrogens (tertiary/aromatic N) is 7. The van der Waals surface area contributed by atoms with E-state index >= 15 is 0 Å². The molecule has 0 aliphatic carbocycles. The zero-order valence-electron chi connectivity index (χ0n) is 19.3. The third-order valence-electron chi connectivity index (χ3n) is 6.93. The summed E-state index contributed by atoms with van der Waals surface area (Å²) in [6, 6.07) is 16.2. The summed E-state index contributed by atoms with van der Waals surface area (Å²) in [7, 11) is 4.13. The van der Waals surface area contributed by atoms with Crippen LogP contribution >= 0.6 is 0 Å². The fourth-order valence-electron chi connectivity index (χ4n) is 5.14. The highest BCUT2D eigenvalue weighted by Gasteiger charge is 2.22. The summed E-state index contributed by atoms with van der Waals surface area (Å²) in [6.07, 6.45) is 6.99. The highest BCUT2D eigenvalue weighted by molar-refractivity contribution is 6.00. The van der Waals surface area contributed by atoms with Crippen LogP contribution in [0.3, 0.4) is 0 Å². The molecule has 6 rings (SSSR count). The fourth-order valence-corrected chi connectivity index (χ4v) is 5.14. The molecule has 34 heavy (non-hydrogen) atoms. The van der Waals surface area contributed by atoms with E-state index in [1.807, 2.05) is 54.7 Å². The number of pyridine rings is 1. The minimum Gasteiger partial charge on any atom is -0.329 e. The molecule has 0 radical (unpaired) electrons. The molecule has 7 heteroatoms. The predicted molar refractivity (Wildman–Crippen MR) is 133 cm³/mol. The lowest BCUT2D eigenvalue weighted by molar-refractivity contribution is 0.379. The van der Waals surface area contributed by atoms with Gasteiger partial charge in [-0.3, -0.25) is 9.67 Å². The van der Waals surface area contributed by atoms with E-state index in [0.717, 1.165) is 64.0 Å². The van der Waals surface area contributed by atoms with Gasteiger partial charge >= 0.3 is 0 Å².